The topological polar surface area (TPSA) is 99.7 Å². The van der Waals surface area contributed by atoms with Gasteiger partial charge in [0.05, 0.1) is 31.4 Å². The van der Waals surface area contributed by atoms with Crippen LogP contribution in [0.2, 0.25) is 0 Å². The molecule has 0 saturated carbocycles. The Morgan fingerprint density at radius 3 is 2.71 bits per heavy atom. The zero-order valence-electron chi connectivity index (χ0n) is 16.5. The van der Waals surface area contributed by atoms with E-state index >= 15 is 0 Å². The highest BCUT2D eigenvalue weighted by Gasteiger charge is 2.25. The predicted molar refractivity (Wildman–Crippen MR) is 107 cm³/mol. The van der Waals surface area contributed by atoms with Crippen molar-refractivity contribution in [2.24, 2.45) is 5.73 Å². The maximum absolute atomic E-state index is 12.8. The van der Waals surface area contributed by atoms with E-state index in [-0.39, 0.29) is 17.5 Å². The van der Waals surface area contributed by atoms with Crippen LogP contribution in [-0.4, -0.2) is 53.7 Å². The minimum absolute atomic E-state index is 0.114. The molecule has 0 spiro atoms. The van der Waals surface area contributed by atoms with Gasteiger partial charge in [-0.3, -0.25) is 14.2 Å². The van der Waals surface area contributed by atoms with Gasteiger partial charge in [-0.2, -0.15) is 0 Å². The molecule has 1 aromatic carbocycles. The maximum atomic E-state index is 12.8. The number of benzene rings is 1. The highest BCUT2D eigenvalue weighted by molar-refractivity contribution is 5.81. The summed E-state index contributed by atoms with van der Waals surface area (Å²) in [5, 5.41) is 0.464. The van der Waals surface area contributed by atoms with E-state index in [1.54, 1.807) is 19.2 Å². The summed E-state index contributed by atoms with van der Waals surface area (Å²) in [6.07, 6.45) is 5.62. The molecule has 1 aromatic heterocycles. The number of fused-ring (bicyclic) bond motifs is 1. The number of likely N-dealkylation sites (tertiary alicyclic amines) is 1. The van der Waals surface area contributed by atoms with Gasteiger partial charge in [0.15, 0.2) is 11.5 Å². The van der Waals surface area contributed by atoms with Gasteiger partial charge < -0.3 is 20.1 Å². The molecule has 152 valence electrons. The van der Waals surface area contributed by atoms with E-state index < -0.39 is 0 Å². The Kier molecular flexibility index (Phi) is 6.51. The summed E-state index contributed by atoms with van der Waals surface area (Å²) in [7, 11) is 3.07. The summed E-state index contributed by atoms with van der Waals surface area (Å²) in [4.78, 5) is 31.6. The van der Waals surface area contributed by atoms with Crippen molar-refractivity contribution in [3.05, 3.63) is 28.8 Å². The maximum Gasteiger partial charge on any atom is 0.261 e. The predicted octanol–water partition coefficient (Wildman–Crippen LogP) is 1.53. The van der Waals surface area contributed by atoms with Crippen molar-refractivity contribution in [2.75, 3.05) is 27.3 Å². The van der Waals surface area contributed by atoms with Gasteiger partial charge in [-0.25, -0.2) is 4.98 Å². The van der Waals surface area contributed by atoms with Crippen molar-refractivity contribution in [3.8, 4) is 11.5 Å². The Balaban J connectivity index is 1.70. The van der Waals surface area contributed by atoms with Gasteiger partial charge in [0.1, 0.15) is 0 Å². The van der Waals surface area contributed by atoms with E-state index in [1.807, 2.05) is 4.90 Å². The number of aryl methyl sites for hydroxylation is 1. The van der Waals surface area contributed by atoms with Crippen LogP contribution >= 0.6 is 0 Å². The van der Waals surface area contributed by atoms with Gasteiger partial charge in [0, 0.05) is 38.2 Å². The average Bonchev–Trinajstić information content (AvgIpc) is 2.74. The number of carbonyl (C=O) groups excluding carboxylic acids is 1. The molecule has 8 nitrogen and oxygen atoms in total. The third kappa shape index (κ3) is 4.11. The summed E-state index contributed by atoms with van der Waals surface area (Å²) < 4.78 is 12.1. The summed E-state index contributed by atoms with van der Waals surface area (Å²) >= 11 is 0. The van der Waals surface area contributed by atoms with Gasteiger partial charge in [-0.05, 0) is 31.7 Å². The molecule has 2 aromatic rings. The van der Waals surface area contributed by atoms with Crippen LogP contribution < -0.4 is 20.8 Å². The van der Waals surface area contributed by atoms with Crippen molar-refractivity contribution in [1.29, 1.82) is 0 Å². The Morgan fingerprint density at radius 1 is 1.25 bits per heavy atom. The van der Waals surface area contributed by atoms with Crippen LogP contribution in [0.5, 0.6) is 11.5 Å². The molecule has 1 amide bonds. The molecule has 1 aliphatic heterocycles. The zero-order chi connectivity index (χ0) is 20.1. The number of rotatable bonds is 7. The van der Waals surface area contributed by atoms with Crippen molar-refractivity contribution in [2.45, 2.75) is 44.7 Å². The lowest BCUT2D eigenvalue weighted by atomic mass is 10.0. The molecule has 8 heteroatoms. The molecule has 0 radical (unpaired) electrons. The normalized spacial score (nSPS) is 17.0. The van der Waals surface area contributed by atoms with Crippen molar-refractivity contribution < 1.29 is 14.3 Å². The van der Waals surface area contributed by atoms with Crippen molar-refractivity contribution >= 4 is 16.8 Å². The first-order valence-corrected chi connectivity index (χ1v) is 9.69. The van der Waals surface area contributed by atoms with Gasteiger partial charge in [-0.15, -0.1) is 0 Å². The van der Waals surface area contributed by atoms with Crippen molar-refractivity contribution in [3.63, 3.8) is 0 Å². The second-order valence-electron chi connectivity index (χ2n) is 7.04. The Labute approximate surface area is 164 Å². The van der Waals surface area contributed by atoms with Crippen LogP contribution in [0.15, 0.2) is 23.3 Å². The fourth-order valence-electron chi connectivity index (χ4n) is 3.76. The number of aromatic nitrogens is 2. The number of ether oxygens (including phenoxy) is 2. The first-order chi connectivity index (χ1) is 13.6. The number of methoxy groups -OCH3 is 2. The molecule has 1 atom stereocenters. The fraction of sp³-hybridized carbons (Fsp3) is 0.550. The minimum Gasteiger partial charge on any atom is -0.493 e. The average molecular weight is 388 g/mol. The van der Waals surface area contributed by atoms with E-state index in [1.165, 1.54) is 18.0 Å². The minimum atomic E-state index is -0.156. The lowest BCUT2D eigenvalue weighted by Crippen LogP contribution is -2.47. The largest absolute Gasteiger partial charge is 0.493 e. The molecule has 1 unspecified atom stereocenters. The first kappa shape index (κ1) is 20.1. The van der Waals surface area contributed by atoms with Gasteiger partial charge in [-0.1, -0.05) is 0 Å². The summed E-state index contributed by atoms with van der Waals surface area (Å²) in [5.74, 6) is 1.13. The van der Waals surface area contributed by atoms with Crippen LogP contribution in [0, 0.1) is 0 Å². The molecular formula is C20H28N4O4. The lowest BCUT2D eigenvalue weighted by molar-refractivity contribution is -0.134. The molecule has 2 N–H and O–H groups in total. The summed E-state index contributed by atoms with van der Waals surface area (Å²) in [6.45, 7) is 1.72. The highest BCUT2D eigenvalue weighted by atomic mass is 16.5. The SMILES string of the molecule is COc1cc2ncn(CCCC(=O)N3CCCCC3CN)c(=O)c2cc1OC. The number of nitrogens with zero attached hydrogens (tertiary/aromatic N) is 3. The number of nitrogens with two attached hydrogens (primary N) is 1. The molecule has 28 heavy (non-hydrogen) atoms. The van der Waals surface area contributed by atoms with Crippen molar-refractivity contribution in [1.82, 2.24) is 14.5 Å². The molecule has 3 rings (SSSR count). The van der Waals surface area contributed by atoms with E-state index in [4.69, 9.17) is 15.2 Å². The Bertz CT molecular complexity index is 896. The van der Waals surface area contributed by atoms with Gasteiger partial charge >= 0.3 is 0 Å². The number of hydrogen-bond acceptors (Lipinski definition) is 6. The van der Waals surface area contributed by atoms with Gasteiger partial charge in [0.2, 0.25) is 5.91 Å². The van der Waals surface area contributed by atoms with Crippen LogP contribution in [-0.2, 0) is 11.3 Å². The second-order valence-corrected chi connectivity index (χ2v) is 7.04. The molecule has 2 heterocycles. The molecular weight excluding hydrogens is 360 g/mol. The van der Waals surface area contributed by atoms with Gasteiger partial charge in [0.25, 0.3) is 5.56 Å². The number of amides is 1. The van der Waals surface area contributed by atoms with E-state index in [0.717, 1.165) is 25.8 Å². The summed E-state index contributed by atoms with van der Waals surface area (Å²) in [6, 6.07) is 3.48. The fourth-order valence-corrected chi connectivity index (χ4v) is 3.76. The standard InChI is InChI=1S/C20H28N4O4/c1-27-17-10-15-16(11-18(17)28-2)22-13-23(20(15)26)8-5-7-19(25)24-9-4-3-6-14(24)12-21/h10-11,13-14H,3-9,12,21H2,1-2H3. The quantitative estimate of drug-likeness (QED) is 0.772. The summed E-state index contributed by atoms with van der Waals surface area (Å²) in [5.41, 5.74) is 6.20. The van der Waals surface area contributed by atoms with Crippen LogP contribution in [0.1, 0.15) is 32.1 Å². The number of hydrogen-bond donors (Lipinski definition) is 1. The van der Waals surface area contributed by atoms with E-state index in [0.29, 0.717) is 48.3 Å². The Hall–Kier alpha value is -2.61. The Morgan fingerprint density at radius 2 is 2.00 bits per heavy atom. The molecule has 0 bridgehead atoms. The molecule has 1 fully saturated rings. The van der Waals surface area contributed by atoms with Crippen LogP contribution in [0.4, 0.5) is 0 Å². The lowest BCUT2D eigenvalue weighted by Gasteiger charge is -2.35. The van der Waals surface area contributed by atoms with E-state index in [9.17, 15) is 9.59 Å². The number of piperidine rings is 1. The monoisotopic (exact) mass is 388 g/mol. The molecule has 1 saturated heterocycles. The van der Waals surface area contributed by atoms with Crippen LogP contribution in [0.25, 0.3) is 10.9 Å². The number of carbonyl (C=O) groups is 1. The second kappa shape index (κ2) is 9.05. The smallest absolute Gasteiger partial charge is 0.261 e. The highest BCUT2D eigenvalue weighted by Crippen LogP contribution is 2.29. The third-order valence-electron chi connectivity index (χ3n) is 5.34. The zero-order valence-corrected chi connectivity index (χ0v) is 16.5. The molecule has 1 aliphatic rings. The van der Waals surface area contributed by atoms with Crippen LogP contribution in [0.3, 0.4) is 0 Å². The van der Waals surface area contributed by atoms with E-state index in [2.05, 4.69) is 4.98 Å². The molecule has 0 aliphatic carbocycles. The first-order valence-electron chi connectivity index (χ1n) is 9.69. The third-order valence-corrected chi connectivity index (χ3v) is 5.34.